The van der Waals surface area contributed by atoms with Crippen LogP contribution in [0.2, 0.25) is 0 Å². The van der Waals surface area contributed by atoms with Crippen LogP contribution in [0.1, 0.15) is 41.4 Å². The summed E-state index contributed by atoms with van der Waals surface area (Å²) >= 11 is 0. The number of hydrogen-bond donors (Lipinski definition) is 0. The summed E-state index contributed by atoms with van der Waals surface area (Å²) in [4.78, 5) is 40.4. The topological polar surface area (TPSA) is 161 Å². The van der Waals surface area contributed by atoms with E-state index in [-0.39, 0.29) is 42.0 Å². The van der Waals surface area contributed by atoms with Crippen molar-refractivity contribution in [1.82, 2.24) is 0 Å². The maximum atomic E-state index is 10.1. The van der Waals surface area contributed by atoms with Gasteiger partial charge in [-0.15, -0.1) is 0 Å². The van der Waals surface area contributed by atoms with Gasteiger partial charge >= 0.3 is 19.8 Å². The van der Waals surface area contributed by atoms with Gasteiger partial charge in [0.05, 0.1) is 23.9 Å². The van der Waals surface area contributed by atoms with Crippen LogP contribution in [0.15, 0.2) is 121 Å². The molecule has 0 amide bonds. The van der Waals surface area contributed by atoms with Gasteiger partial charge in [0, 0.05) is 0 Å². The third-order valence-corrected chi connectivity index (χ3v) is 4.04. The number of carbonyl (C=O) groups is 4. The third kappa shape index (κ3) is 14.4. The van der Waals surface area contributed by atoms with Crippen LogP contribution in [0, 0.1) is 0 Å². The van der Waals surface area contributed by atoms with Crippen molar-refractivity contribution in [2.45, 2.75) is 0 Å². The Labute approximate surface area is 226 Å². The van der Waals surface area contributed by atoms with Gasteiger partial charge < -0.3 is 39.6 Å². The number of hydrogen-bond acceptors (Lipinski definition) is 8. The van der Waals surface area contributed by atoms with Gasteiger partial charge in [0.15, 0.2) is 0 Å². The van der Waals surface area contributed by atoms with E-state index in [1.807, 2.05) is 0 Å². The number of aromatic carboxylic acids is 4. The zero-order chi connectivity index (χ0) is 26.8. The van der Waals surface area contributed by atoms with Crippen molar-refractivity contribution in [3.05, 3.63) is 144 Å². The molecule has 0 atom stereocenters. The van der Waals surface area contributed by atoms with E-state index in [2.05, 4.69) is 0 Å². The summed E-state index contributed by atoms with van der Waals surface area (Å²) in [6, 6.07) is 32.3. The molecule has 0 unspecified atom stereocenters. The molecule has 0 aliphatic heterocycles. The van der Waals surface area contributed by atoms with Gasteiger partial charge in [-0.3, -0.25) is 0 Å². The van der Waals surface area contributed by atoms with E-state index in [9.17, 15) is 39.6 Å². The van der Waals surface area contributed by atoms with E-state index in [0.717, 1.165) is 0 Å². The second-order valence-electron chi connectivity index (χ2n) is 6.61. The first-order valence-electron chi connectivity index (χ1n) is 10.3. The SMILES string of the molecule is O=C([O-])c1ccccc1.O=C([O-])c1ccccc1.O=C([O-])c1ccccc1.O=C([O-])c1ccccc1.[Os+4]. The molecule has 0 bridgehead atoms. The van der Waals surface area contributed by atoms with Gasteiger partial charge in [-0.05, 0) is 22.3 Å². The number of benzene rings is 4. The molecule has 0 saturated carbocycles. The van der Waals surface area contributed by atoms with Crippen molar-refractivity contribution in [3.63, 3.8) is 0 Å². The second kappa shape index (κ2) is 18.7. The first-order chi connectivity index (χ1) is 17.2. The molecule has 0 N–H and O–H groups in total. The quantitative estimate of drug-likeness (QED) is 0.297. The molecule has 188 valence electrons. The minimum atomic E-state index is -1.13. The van der Waals surface area contributed by atoms with Crippen LogP contribution >= 0.6 is 0 Å². The molecule has 0 aliphatic carbocycles. The summed E-state index contributed by atoms with van der Waals surface area (Å²) in [5, 5.41) is 40.4. The molecule has 0 aliphatic rings. The Morgan fingerprint density at radius 3 is 0.541 bits per heavy atom. The van der Waals surface area contributed by atoms with Gasteiger partial charge in [-0.2, -0.15) is 0 Å². The molecular weight excluding hydrogens is 655 g/mol. The number of carbonyl (C=O) groups excluding carboxylic acids is 4. The first-order valence-corrected chi connectivity index (χ1v) is 10.3. The van der Waals surface area contributed by atoms with Crippen molar-refractivity contribution >= 4 is 23.9 Å². The van der Waals surface area contributed by atoms with Crippen molar-refractivity contribution in [3.8, 4) is 0 Å². The summed E-state index contributed by atoms with van der Waals surface area (Å²) in [7, 11) is 0. The fraction of sp³-hybridized carbons (Fsp3) is 0. The molecule has 8 nitrogen and oxygen atoms in total. The number of carboxylic acids is 4. The summed E-state index contributed by atoms with van der Waals surface area (Å²) in [5.41, 5.74) is 0.880. The van der Waals surface area contributed by atoms with Gasteiger partial charge in [-0.25, -0.2) is 0 Å². The number of rotatable bonds is 4. The van der Waals surface area contributed by atoms with Crippen molar-refractivity contribution < 1.29 is 59.4 Å². The molecule has 9 heteroatoms. The average Bonchev–Trinajstić information content (AvgIpc) is 2.92. The predicted octanol–water partition coefficient (Wildman–Crippen LogP) is 0.198. The van der Waals surface area contributed by atoms with E-state index >= 15 is 0 Å². The fourth-order valence-electron chi connectivity index (χ4n) is 2.30. The summed E-state index contributed by atoms with van der Waals surface area (Å²) in [6.45, 7) is 0. The van der Waals surface area contributed by atoms with Gasteiger partial charge in [0.1, 0.15) is 0 Å². The van der Waals surface area contributed by atoms with Crippen LogP contribution in [-0.2, 0) is 19.8 Å². The minimum absolute atomic E-state index is 0. The second-order valence-corrected chi connectivity index (χ2v) is 6.61. The van der Waals surface area contributed by atoms with Crippen molar-refractivity contribution in [1.29, 1.82) is 0 Å². The van der Waals surface area contributed by atoms with Gasteiger partial charge in [0.25, 0.3) is 0 Å². The Morgan fingerprint density at radius 2 is 0.459 bits per heavy atom. The average molecular weight is 675 g/mol. The summed E-state index contributed by atoms with van der Waals surface area (Å²) < 4.78 is 0. The normalized spacial score (nSPS) is 8.65. The predicted molar refractivity (Wildman–Crippen MR) is 123 cm³/mol. The van der Waals surface area contributed by atoms with Crippen LogP contribution in [0.5, 0.6) is 0 Å². The van der Waals surface area contributed by atoms with E-state index in [1.54, 1.807) is 72.8 Å². The molecule has 0 radical (unpaired) electrons. The summed E-state index contributed by atoms with van der Waals surface area (Å²) in [5.74, 6) is -4.52. The molecule has 4 rings (SSSR count). The molecule has 0 heterocycles. The van der Waals surface area contributed by atoms with Crippen LogP contribution in [0.4, 0.5) is 0 Å². The number of carboxylic acid groups (broad SMARTS) is 4. The van der Waals surface area contributed by atoms with Gasteiger partial charge in [-0.1, -0.05) is 121 Å². The smallest absolute Gasteiger partial charge is 0.545 e. The Balaban J connectivity index is 0.000000463. The Bertz CT molecular complexity index is 1020. The van der Waals surface area contributed by atoms with E-state index in [4.69, 9.17) is 0 Å². The maximum absolute atomic E-state index is 10.1. The van der Waals surface area contributed by atoms with E-state index in [1.165, 1.54) is 48.5 Å². The van der Waals surface area contributed by atoms with Crippen molar-refractivity contribution in [2.24, 2.45) is 0 Å². The zero-order valence-electron chi connectivity index (χ0n) is 19.2. The summed E-state index contributed by atoms with van der Waals surface area (Å²) in [6.07, 6.45) is 0. The van der Waals surface area contributed by atoms with Crippen LogP contribution in [0.3, 0.4) is 0 Å². The zero-order valence-corrected chi connectivity index (χ0v) is 21.7. The Morgan fingerprint density at radius 1 is 0.324 bits per heavy atom. The van der Waals surface area contributed by atoms with Gasteiger partial charge in [0.2, 0.25) is 0 Å². The largest absolute Gasteiger partial charge is 4.00 e. The molecule has 4 aromatic rings. The molecular formula is C28H20O8Os. The molecule has 4 aromatic carbocycles. The molecule has 0 fully saturated rings. The minimum Gasteiger partial charge on any atom is -0.545 e. The Hall–Kier alpha value is -4.60. The van der Waals surface area contributed by atoms with Crippen molar-refractivity contribution in [2.75, 3.05) is 0 Å². The first kappa shape index (κ1) is 32.4. The molecule has 37 heavy (non-hydrogen) atoms. The van der Waals surface area contributed by atoms with Crippen LogP contribution in [-0.4, -0.2) is 23.9 Å². The molecule has 0 saturated heterocycles. The standard InChI is InChI=1S/4C7H6O2.Os/c4*8-7(9)6-4-2-1-3-5-6;/h4*1-5H,(H,8,9);/q;;;;+4/p-4. The monoisotopic (exact) mass is 676 g/mol. The third-order valence-electron chi connectivity index (χ3n) is 4.04. The molecule has 0 aromatic heterocycles. The van der Waals surface area contributed by atoms with E-state index in [0.29, 0.717) is 0 Å². The fourth-order valence-corrected chi connectivity index (χ4v) is 2.30. The van der Waals surface area contributed by atoms with Crippen LogP contribution in [0.25, 0.3) is 0 Å². The molecule has 0 spiro atoms. The van der Waals surface area contributed by atoms with E-state index < -0.39 is 23.9 Å². The van der Waals surface area contributed by atoms with Crippen LogP contribution < -0.4 is 20.4 Å². The maximum Gasteiger partial charge on any atom is 4.00 e. The Kier molecular flexibility index (Phi) is 16.4.